The van der Waals surface area contributed by atoms with Gasteiger partial charge in [0.05, 0.1) is 0 Å². The predicted octanol–water partition coefficient (Wildman–Crippen LogP) is 2.69. The van der Waals surface area contributed by atoms with Gasteiger partial charge in [0.2, 0.25) is 6.79 Å². The first-order valence-electron chi connectivity index (χ1n) is 11.4. The molecular formula is C23H38N4O3. The van der Waals surface area contributed by atoms with Gasteiger partial charge < -0.3 is 24.8 Å². The summed E-state index contributed by atoms with van der Waals surface area (Å²) in [4.78, 5) is 9.84. The molecule has 2 N–H and O–H groups in total. The number of nitrogens with one attached hydrogen (secondary N) is 1. The Morgan fingerprint density at radius 3 is 2.50 bits per heavy atom. The summed E-state index contributed by atoms with van der Waals surface area (Å²) in [6.07, 6.45) is 2.89. The van der Waals surface area contributed by atoms with Crippen molar-refractivity contribution < 1.29 is 14.6 Å². The molecule has 2 aliphatic rings. The standard InChI is InChI=1S/C23H38N4O3/c1-4-23(5-2,9-14-28)17-25-22(24-6-3)27-12-10-26(11-13-27)16-19-7-8-20-21(15-19)30-18-29-20/h7-8,15,28H,4-6,9-14,16-18H2,1-3H3,(H,24,25). The van der Waals surface area contributed by atoms with Crippen molar-refractivity contribution in [2.45, 2.75) is 46.6 Å². The Morgan fingerprint density at radius 2 is 1.83 bits per heavy atom. The van der Waals surface area contributed by atoms with E-state index in [1.807, 2.05) is 6.07 Å². The molecule has 30 heavy (non-hydrogen) atoms. The number of fused-ring (bicyclic) bond motifs is 1. The Balaban J connectivity index is 1.56. The highest BCUT2D eigenvalue weighted by atomic mass is 16.7. The van der Waals surface area contributed by atoms with Crippen LogP contribution in [-0.2, 0) is 6.54 Å². The number of aliphatic imine (C=N–C) groups is 1. The van der Waals surface area contributed by atoms with Crippen LogP contribution in [0.3, 0.4) is 0 Å². The zero-order valence-electron chi connectivity index (χ0n) is 18.8. The van der Waals surface area contributed by atoms with E-state index >= 15 is 0 Å². The molecule has 2 aliphatic heterocycles. The average molecular weight is 419 g/mol. The van der Waals surface area contributed by atoms with E-state index in [0.717, 1.165) is 82.5 Å². The molecule has 0 spiro atoms. The summed E-state index contributed by atoms with van der Waals surface area (Å²) >= 11 is 0. The van der Waals surface area contributed by atoms with Gasteiger partial charge in [-0.3, -0.25) is 9.89 Å². The third-order valence-electron chi connectivity index (χ3n) is 6.56. The maximum absolute atomic E-state index is 9.49. The molecule has 0 unspecified atom stereocenters. The smallest absolute Gasteiger partial charge is 0.231 e. The number of hydrogen-bond donors (Lipinski definition) is 2. The van der Waals surface area contributed by atoms with Crippen LogP contribution in [0, 0.1) is 5.41 Å². The summed E-state index contributed by atoms with van der Waals surface area (Å²) in [6, 6.07) is 6.22. The van der Waals surface area contributed by atoms with Crippen molar-refractivity contribution in [1.29, 1.82) is 0 Å². The van der Waals surface area contributed by atoms with Gasteiger partial charge in [-0.15, -0.1) is 0 Å². The van der Waals surface area contributed by atoms with Crippen molar-refractivity contribution in [3.8, 4) is 11.5 Å². The van der Waals surface area contributed by atoms with E-state index in [9.17, 15) is 5.11 Å². The van der Waals surface area contributed by atoms with Gasteiger partial charge in [-0.05, 0) is 49.3 Å². The molecule has 0 atom stereocenters. The second-order valence-electron chi connectivity index (χ2n) is 8.30. The van der Waals surface area contributed by atoms with Crippen LogP contribution in [0.1, 0.15) is 45.6 Å². The topological polar surface area (TPSA) is 69.6 Å². The van der Waals surface area contributed by atoms with Gasteiger partial charge >= 0.3 is 0 Å². The molecule has 1 fully saturated rings. The van der Waals surface area contributed by atoms with Crippen LogP contribution >= 0.6 is 0 Å². The van der Waals surface area contributed by atoms with Gasteiger partial charge in [0, 0.05) is 52.4 Å². The zero-order chi connectivity index (χ0) is 21.4. The normalized spacial score (nSPS) is 17.5. The van der Waals surface area contributed by atoms with Crippen LogP contribution in [0.2, 0.25) is 0 Å². The van der Waals surface area contributed by atoms with Gasteiger partial charge in [0.15, 0.2) is 17.5 Å². The lowest BCUT2D eigenvalue weighted by Crippen LogP contribution is -2.52. The number of ether oxygens (including phenoxy) is 2. The molecule has 1 saturated heterocycles. The average Bonchev–Trinajstić information content (AvgIpc) is 3.24. The van der Waals surface area contributed by atoms with Gasteiger partial charge in [0.1, 0.15) is 0 Å². The Hall–Kier alpha value is -1.99. The van der Waals surface area contributed by atoms with Crippen LogP contribution < -0.4 is 14.8 Å². The molecule has 0 saturated carbocycles. The minimum Gasteiger partial charge on any atom is -0.454 e. The summed E-state index contributed by atoms with van der Waals surface area (Å²) in [6.45, 7) is 13.5. The highest BCUT2D eigenvalue weighted by molar-refractivity contribution is 5.80. The molecule has 0 radical (unpaired) electrons. The molecule has 0 aliphatic carbocycles. The number of aliphatic hydroxyl groups excluding tert-OH is 1. The Morgan fingerprint density at radius 1 is 1.10 bits per heavy atom. The fourth-order valence-electron chi connectivity index (χ4n) is 4.23. The summed E-state index contributed by atoms with van der Waals surface area (Å²) in [5.41, 5.74) is 1.35. The fraction of sp³-hybridized carbons (Fsp3) is 0.696. The second-order valence-corrected chi connectivity index (χ2v) is 8.30. The van der Waals surface area contributed by atoms with Crippen molar-refractivity contribution in [3.05, 3.63) is 23.8 Å². The number of piperazine rings is 1. The lowest BCUT2D eigenvalue weighted by molar-refractivity contribution is 0.166. The molecule has 2 heterocycles. The molecule has 7 nitrogen and oxygen atoms in total. The Kier molecular flexibility index (Phi) is 8.22. The summed E-state index contributed by atoms with van der Waals surface area (Å²) < 4.78 is 10.9. The Labute approximate surface area is 181 Å². The van der Waals surface area contributed by atoms with Gasteiger partial charge in [0.25, 0.3) is 0 Å². The summed E-state index contributed by atoms with van der Waals surface area (Å²) in [5.74, 6) is 2.70. The number of hydrogen-bond acceptors (Lipinski definition) is 5. The van der Waals surface area contributed by atoms with E-state index in [2.05, 4.69) is 48.0 Å². The molecule has 0 amide bonds. The van der Waals surface area contributed by atoms with Crippen LogP contribution in [0.4, 0.5) is 0 Å². The first-order valence-corrected chi connectivity index (χ1v) is 11.4. The summed E-state index contributed by atoms with van der Waals surface area (Å²) in [7, 11) is 0. The molecule has 168 valence electrons. The number of guanidine groups is 1. The first-order chi connectivity index (χ1) is 14.6. The van der Waals surface area contributed by atoms with E-state index < -0.39 is 0 Å². The Bertz CT molecular complexity index is 698. The number of nitrogens with zero attached hydrogens (tertiary/aromatic N) is 3. The monoisotopic (exact) mass is 418 g/mol. The van der Waals surface area contributed by atoms with Crippen molar-refractivity contribution in [3.63, 3.8) is 0 Å². The molecular weight excluding hydrogens is 380 g/mol. The van der Waals surface area contributed by atoms with Crippen molar-refractivity contribution in [1.82, 2.24) is 15.1 Å². The molecule has 1 aromatic carbocycles. The fourth-order valence-corrected chi connectivity index (χ4v) is 4.23. The van der Waals surface area contributed by atoms with Crippen LogP contribution in [-0.4, -0.2) is 73.5 Å². The predicted molar refractivity (Wildman–Crippen MR) is 120 cm³/mol. The maximum atomic E-state index is 9.49. The highest BCUT2D eigenvalue weighted by Gasteiger charge is 2.27. The lowest BCUT2D eigenvalue weighted by atomic mass is 9.79. The third kappa shape index (κ3) is 5.58. The van der Waals surface area contributed by atoms with E-state index in [1.54, 1.807) is 0 Å². The van der Waals surface area contributed by atoms with Crippen molar-refractivity contribution in [2.75, 3.05) is 52.7 Å². The van der Waals surface area contributed by atoms with Gasteiger partial charge in [-0.1, -0.05) is 19.9 Å². The molecule has 0 aromatic heterocycles. The minimum atomic E-state index is 0.0938. The quantitative estimate of drug-likeness (QED) is 0.475. The molecule has 1 aromatic rings. The van der Waals surface area contributed by atoms with Crippen LogP contribution in [0.5, 0.6) is 11.5 Å². The van der Waals surface area contributed by atoms with Crippen LogP contribution in [0.25, 0.3) is 0 Å². The molecule has 7 heteroatoms. The lowest BCUT2D eigenvalue weighted by Gasteiger charge is -2.37. The van der Waals surface area contributed by atoms with Crippen molar-refractivity contribution in [2.24, 2.45) is 10.4 Å². The SMILES string of the molecule is CCNC(=NCC(CC)(CC)CCO)N1CCN(Cc2ccc3c(c2)OCO3)CC1. The number of rotatable bonds is 9. The van der Waals surface area contributed by atoms with E-state index in [0.29, 0.717) is 6.79 Å². The summed E-state index contributed by atoms with van der Waals surface area (Å²) in [5, 5.41) is 13.0. The van der Waals surface area contributed by atoms with Crippen molar-refractivity contribution >= 4 is 5.96 Å². The van der Waals surface area contributed by atoms with E-state index in [-0.39, 0.29) is 12.0 Å². The zero-order valence-corrected chi connectivity index (χ0v) is 18.8. The second kappa shape index (κ2) is 10.9. The number of aliphatic hydroxyl groups is 1. The largest absolute Gasteiger partial charge is 0.454 e. The minimum absolute atomic E-state index is 0.0938. The third-order valence-corrected chi connectivity index (χ3v) is 6.56. The van der Waals surface area contributed by atoms with Gasteiger partial charge in [-0.2, -0.15) is 0 Å². The highest BCUT2D eigenvalue weighted by Crippen LogP contribution is 2.33. The maximum Gasteiger partial charge on any atom is 0.231 e. The number of benzene rings is 1. The first kappa shape index (κ1) is 22.7. The molecule has 3 rings (SSSR count). The molecule has 0 bridgehead atoms. The van der Waals surface area contributed by atoms with E-state index in [4.69, 9.17) is 14.5 Å². The van der Waals surface area contributed by atoms with E-state index in [1.165, 1.54) is 5.56 Å². The van der Waals surface area contributed by atoms with Gasteiger partial charge in [-0.25, -0.2) is 0 Å². The van der Waals surface area contributed by atoms with Crippen LogP contribution in [0.15, 0.2) is 23.2 Å².